The van der Waals surface area contributed by atoms with Gasteiger partial charge in [0.1, 0.15) is 0 Å². The second-order valence-electron chi connectivity index (χ2n) is 4.69. The van der Waals surface area contributed by atoms with Crippen LogP contribution in [0.3, 0.4) is 0 Å². The molecule has 1 atom stereocenters. The number of rotatable bonds is 7. The van der Waals surface area contributed by atoms with Gasteiger partial charge in [-0.3, -0.25) is 0 Å². The van der Waals surface area contributed by atoms with Crippen molar-refractivity contribution in [2.45, 2.75) is 25.5 Å². The van der Waals surface area contributed by atoms with E-state index < -0.39 is 0 Å². The van der Waals surface area contributed by atoms with Gasteiger partial charge in [-0.1, -0.05) is 0 Å². The van der Waals surface area contributed by atoms with E-state index >= 15 is 0 Å². The van der Waals surface area contributed by atoms with Crippen LogP contribution in [0.1, 0.15) is 13.8 Å². The lowest BCUT2D eigenvalue weighted by atomic mass is 10.0. The average Bonchev–Trinajstić information content (AvgIpc) is 2.15. The normalized spacial score (nSPS) is 21.4. The van der Waals surface area contributed by atoms with Gasteiger partial charge in [0.25, 0.3) is 0 Å². The lowest BCUT2D eigenvalue weighted by molar-refractivity contribution is -0.0721. The van der Waals surface area contributed by atoms with Crippen LogP contribution in [0.15, 0.2) is 0 Å². The van der Waals surface area contributed by atoms with Gasteiger partial charge in [0.05, 0.1) is 12.2 Å². The van der Waals surface area contributed by atoms with Gasteiger partial charge >= 0.3 is 0 Å². The maximum Gasteiger partial charge on any atom is 0.0902 e. The van der Waals surface area contributed by atoms with Crippen LogP contribution in [0.5, 0.6) is 0 Å². The van der Waals surface area contributed by atoms with Crippen molar-refractivity contribution in [3.05, 3.63) is 0 Å². The number of hydrogen-bond acceptors (Lipinski definition) is 4. The van der Waals surface area contributed by atoms with Gasteiger partial charge in [-0.25, -0.2) is 0 Å². The van der Waals surface area contributed by atoms with Crippen LogP contribution in [0.25, 0.3) is 0 Å². The molecular weight excluding hydrogens is 208 g/mol. The highest BCUT2D eigenvalue weighted by Crippen LogP contribution is 2.15. The van der Waals surface area contributed by atoms with Gasteiger partial charge in [-0.05, 0) is 27.2 Å². The summed E-state index contributed by atoms with van der Waals surface area (Å²) in [5, 5.41) is 3.24. The largest absolute Gasteiger partial charge is 0.371 e. The highest BCUT2D eigenvalue weighted by atomic mass is 32.2. The summed E-state index contributed by atoms with van der Waals surface area (Å²) in [5.74, 6) is 1.19. The Morgan fingerprint density at radius 3 is 2.67 bits per heavy atom. The molecule has 0 aromatic heterocycles. The molecule has 4 heteroatoms. The first-order valence-electron chi connectivity index (χ1n) is 5.61. The van der Waals surface area contributed by atoms with Crippen LogP contribution in [-0.4, -0.2) is 61.8 Å². The third-order valence-corrected chi connectivity index (χ3v) is 3.87. The van der Waals surface area contributed by atoms with Crippen molar-refractivity contribution in [3.63, 3.8) is 0 Å². The molecule has 1 saturated heterocycles. The fraction of sp³-hybridized carbons (Fsp3) is 1.00. The predicted octanol–water partition coefficient (Wildman–Crippen LogP) is 1.05. The predicted molar refractivity (Wildman–Crippen MR) is 67.7 cm³/mol. The van der Waals surface area contributed by atoms with E-state index in [0.29, 0.717) is 6.04 Å². The number of hydrogen-bond donors (Lipinski definition) is 1. The molecule has 1 heterocycles. The van der Waals surface area contributed by atoms with E-state index in [-0.39, 0.29) is 5.60 Å². The van der Waals surface area contributed by atoms with E-state index in [1.807, 2.05) is 11.8 Å². The minimum Gasteiger partial charge on any atom is -0.371 e. The lowest BCUT2D eigenvalue weighted by Gasteiger charge is -2.39. The molecule has 1 fully saturated rings. The second kappa shape index (κ2) is 6.09. The van der Waals surface area contributed by atoms with Crippen molar-refractivity contribution >= 4 is 11.8 Å². The molecule has 0 aromatic carbocycles. The van der Waals surface area contributed by atoms with E-state index in [1.165, 1.54) is 5.75 Å². The van der Waals surface area contributed by atoms with Crippen LogP contribution in [0, 0.1) is 0 Å². The van der Waals surface area contributed by atoms with Gasteiger partial charge in [0, 0.05) is 31.4 Å². The van der Waals surface area contributed by atoms with Crippen LogP contribution < -0.4 is 5.32 Å². The van der Waals surface area contributed by atoms with Gasteiger partial charge in [0.15, 0.2) is 0 Å². The van der Waals surface area contributed by atoms with Crippen molar-refractivity contribution in [1.29, 1.82) is 0 Å². The zero-order chi connectivity index (χ0) is 11.3. The molecule has 1 unspecified atom stereocenters. The van der Waals surface area contributed by atoms with Crippen molar-refractivity contribution in [2.75, 3.05) is 45.3 Å². The molecule has 0 aliphatic carbocycles. The maximum atomic E-state index is 5.85. The minimum absolute atomic E-state index is 0.101. The highest BCUT2D eigenvalue weighted by molar-refractivity contribution is 7.98. The van der Waals surface area contributed by atoms with Gasteiger partial charge < -0.3 is 15.0 Å². The number of ether oxygens (including phenoxy) is 1. The topological polar surface area (TPSA) is 24.5 Å². The zero-order valence-corrected chi connectivity index (χ0v) is 11.2. The van der Waals surface area contributed by atoms with Crippen molar-refractivity contribution < 1.29 is 4.74 Å². The van der Waals surface area contributed by atoms with Crippen molar-refractivity contribution in [2.24, 2.45) is 0 Å². The summed E-state index contributed by atoms with van der Waals surface area (Å²) in [5.41, 5.74) is 0.101. The van der Waals surface area contributed by atoms with E-state index in [0.717, 1.165) is 26.2 Å². The number of nitrogens with zero attached hydrogens (tertiary/aromatic N) is 1. The fourth-order valence-corrected chi connectivity index (χ4v) is 2.34. The summed E-state index contributed by atoms with van der Waals surface area (Å²) in [4.78, 5) is 2.37. The molecule has 3 nitrogen and oxygen atoms in total. The first kappa shape index (κ1) is 13.3. The Morgan fingerprint density at radius 1 is 1.53 bits per heavy atom. The molecule has 1 aliphatic heterocycles. The molecule has 0 radical (unpaired) electrons. The number of nitrogens with one attached hydrogen (secondary N) is 1. The molecule has 0 amide bonds. The van der Waals surface area contributed by atoms with Gasteiger partial charge in [-0.2, -0.15) is 11.8 Å². The molecular formula is C11H24N2OS. The molecule has 15 heavy (non-hydrogen) atoms. The fourth-order valence-electron chi connectivity index (χ4n) is 1.60. The lowest BCUT2D eigenvalue weighted by Crippen LogP contribution is -2.59. The molecule has 0 bridgehead atoms. The summed E-state index contributed by atoms with van der Waals surface area (Å²) in [6.45, 7) is 8.30. The summed E-state index contributed by atoms with van der Waals surface area (Å²) in [6.07, 6.45) is 2.15. The van der Waals surface area contributed by atoms with E-state index in [9.17, 15) is 0 Å². The molecule has 1 N–H and O–H groups in total. The molecule has 1 rings (SSSR count). The van der Waals surface area contributed by atoms with Crippen LogP contribution in [0.4, 0.5) is 0 Å². The Labute approximate surface area is 97.9 Å². The Balaban J connectivity index is 2.08. The maximum absolute atomic E-state index is 5.85. The van der Waals surface area contributed by atoms with E-state index in [2.05, 4.69) is 37.4 Å². The van der Waals surface area contributed by atoms with Gasteiger partial charge in [0.2, 0.25) is 0 Å². The SMILES string of the molecule is CSCC(C)N(C)CCOC1(C)CNC1. The smallest absolute Gasteiger partial charge is 0.0902 e. The third-order valence-electron chi connectivity index (χ3n) is 3.05. The number of likely N-dealkylation sites (N-methyl/N-ethyl adjacent to an activating group) is 1. The number of thioether (sulfide) groups is 1. The molecule has 0 saturated carbocycles. The minimum atomic E-state index is 0.101. The second-order valence-corrected chi connectivity index (χ2v) is 5.60. The zero-order valence-electron chi connectivity index (χ0n) is 10.4. The molecule has 1 aliphatic rings. The van der Waals surface area contributed by atoms with Crippen molar-refractivity contribution in [1.82, 2.24) is 10.2 Å². The standard InChI is InChI=1S/C11H24N2OS/c1-10(7-15-4)13(3)5-6-14-11(2)8-12-9-11/h10,12H,5-9H2,1-4H3. The highest BCUT2D eigenvalue weighted by Gasteiger charge is 2.32. The first-order valence-corrected chi connectivity index (χ1v) is 7.01. The molecule has 0 spiro atoms. The quantitative estimate of drug-likeness (QED) is 0.709. The Kier molecular flexibility index (Phi) is 5.39. The summed E-state index contributed by atoms with van der Waals surface area (Å²) in [6, 6.07) is 0.635. The van der Waals surface area contributed by atoms with E-state index in [4.69, 9.17) is 4.74 Å². The van der Waals surface area contributed by atoms with Crippen molar-refractivity contribution in [3.8, 4) is 0 Å². The first-order chi connectivity index (χ1) is 7.07. The van der Waals surface area contributed by atoms with Gasteiger partial charge in [-0.15, -0.1) is 0 Å². The average molecular weight is 232 g/mol. The Bertz CT molecular complexity index is 185. The summed E-state index contributed by atoms with van der Waals surface area (Å²) < 4.78 is 5.85. The molecule has 0 aromatic rings. The van der Waals surface area contributed by atoms with E-state index in [1.54, 1.807) is 0 Å². The van der Waals surface area contributed by atoms with Crippen LogP contribution >= 0.6 is 11.8 Å². The third kappa shape index (κ3) is 4.31. The molecule has 90 valence electrons. The Hall–Kier alpha value is 0.230. The summed E-state index contributed by atoms with van der Waals surface area (Å²) in [7, 11) is 2.17. The van der Waals surface area contributed by atoms with Crippen LogP contribution in [0.2, 0.25) is 0 Å². The monoisotopic (exact) mass is 232 g/mol. The Morgan fingerprint density at radius 2 is 2.20 bits per heavy atom. The summed E-state index contributed by atoms with van der Waals surface area (Å²) >= 11 is 1.90. The van der Waals surface area contributed by atoms with Crippen LogP contribution in [-0.2, 0) is 4.74 Å².